The lowest BCUT2D eigenvalue weighted by Crippen LogP contribution is -2.50. The summed E-state index contributed by atoms with van der Waals surface area (Å²) in [5.74, 6) is -0.680. The van der Waals surface area contributed by atoms with Crippen LogP contribution in [0.1, 0.15) is 44.2 Å². The van der Waals surface area contributed by atoms with Crippen LogP contribution in [-0.2, 0) is 9.59 Å². The van der Waals surface area contributed by atoms with Gasteiger partial charge in [-0.1, -0.05) is 12.1 Å². The molecule has 2 amide bonds. The summed E-state index contributed by atoms with van der Waals surface area (Å²) in [6.07, 6.45) is 3.86. The maximum atomic E-state index is 13.2. The van der Waals surface area contributed by atoms with Crippen LogP contribution in [0.25, 0.3) is 0 Å². The van der Waals surface area contributed by atoms with Crippen molar-refractivity contribution in [3.8, 4) is 0 Å². The largest absolute Gasteiger partial charge is 0.368 e. The highest BCUT2D eigenvalue weighted by Crippen LogP contribution is 2.35. The molecule has 2 N–H and O–H groups in total. The third-order valence-corrected chi connectivity index (χ3v) is 5.28. The van der Waals surface area contributed by atoms with E-state index in [4.69, 9.17) is 5.73 Å². The van der Waals surface area contributed by atoms with Gasteiger partial charge in [-0.15, -0.1) is 0 Å². The second-order valence-electron chi connectivity index (χ2n) is 6.73. The monoisotopic (exact) mass is 333 g/mol. The summed E-state index contributed by atoms with van der Waals surface area (Å²) in [4.78, 5) is 28.1. The van der Waals surface area contributed by atoms with Crippen molar-refractivity contribution in [1.29, 1.82) is 0 Å². The van der Waals surface area contributed by atoms with Crippen LogP contribution >= 0.6 is 0 Å². The van der Waals surface area contributed by atoms with Gasteiger partial charge in [0.05, 0.1) is 0 Å². The second kappa shape index (κ2) is 6.89. The van der Waals surface area contributed by atoms with E-state index in [1.54, 1.807) is 19.1 Å². The fourth-order valence-electron chi connectivity index (χ4n) is 4.30. The van der Waals surface area contributed by atoms with E-state index in [-0.39, 0.29) is 23.8 Å². The molecule has 6 heteroatoms. The number of benzene rings is 1. The minimum absolute atomic E-state index is 0.0850. The molecular formula is C18H24FN3O2. The van der Waals surface area contributed by atoms with Crippen LogP contribution in [0, 0.1) is 5.82 Å². The Morgan fingerprint density at radius 3 is 2.38 bits per heavy atom. The van der Waals surface area contributed by atoms with Gasteiger partial charge in [0.1, 0.15) is 11.9 Å². The van der Waals surface area contributed by atoms with Crippen molar-refractivity contribution in [2.45, 2.75) is 50.7 Å². The van der Waals surface area contributed by atoms with Crippen molar-refractivity contribution >= 4 is 11.8 Å². The molecule has 2 aliphatic heterocycles. The summed E-state index contributed by atoms with van der Waals surface area (Å²) >= 11 is 0. The lowest BCUT2D eigenvalue weighted by atomic mass is 9.98. The molecule has 0 aromatic heterocycles. The van der Waals surface area contributed by atoms with Crippen LogP contribution < -0.4 is 5.73 Å². The van der Waals surface area contributed by atoms with Gasteiger partial charge in [-0.2, -0.15) is 0 Å². The standard InChI is InChI=1S/C18H24FN3O2/c1-12(23)21-10-2-4-15(21)16-5-3-11-22(16)17(18(20)24)13-6-8-14(19)9-7-13/h6-9,15-17H,2-5,10-11H2,1H3,(H2,20,24)/t15-,16-,17+/m1/s1. The molecule has 0 spiro atoms. The third-order valence-electron chi connectivity index (χ3n) is 5.28. The van der Waals surface area contributed by atoms with Gasteiger partial charge >= 0.3 is 0 Å². The number of hydrogen-bond donors (Lipinski definition) is 1. The van der Waals surface area contributed by atoms with Gasteiger partial charge in [0.15, 0.2) is 0 Å². The van der Waals surface area contributed by atoms with E-state index >= 15 is 0 Å². The first-order valence-electron chi connectivity index (χ1n) is 8.57. The summed E-state index contributed by atoms with van der Waals surface area (Å²) in [6, 6.07) is 5.63. The van der Waals surface area contributed by atoms with Gasteiger partial charge in [-0.05, 0) is 49.9 Å². The third kappa shape index (κ3) is 3.15. The number of amides is 2. The van der Waals surface area contributed by atoms with Crippen molar-refractivity contribution in [3.05, 3.63) is 35.6 Å². The molecule has 3 rings (SSSR count). The first-order chi connectivity index (χ1) is 11.5. The minimum atomic E-state index is -0.576. The van der Waals surface area contributed by atoms with E-state index in [0.717, 1.165) is 38.8 Å². The van der Waals surface area contributed by atoms with Crippen LogP contribution in [-0.4, -0.2) is 46.8 Å². The zero-order valence-corrected chi connectivity index (χ0v) is 14.0. The predicted octanol–water partition coefficient (Wildman–Crippen LogP) is 1.83. The number of rotatable bonds is 4. The molecule has 2 saturated heterocycles. The molecule has 2 fully saturated rings. The number of carbonyl (C=O) groups is 2. The molecule has 24 heavy (non-hydrogen) atoms. The average molecular weight is 333 g/mol. The summed E-state index contributed by atoms with van der Waals surface area (Å²) in [6.45, 7) is 3.14. The zero-order valence-electron chi connectivity index (χ0n) is 14.0. The Labute approximate surface area is 141 Å². The van der Waals surface area contributed by atoms with Crippen molar-refractivity contribution in [3.63, 3.8) is 0 Å². The number of halogens is 1. The second-order valence-corrected chi connectivity index (χ2v) is 6.73. The van der Waals surface area contributed by atoms with E-state index in [9.17, 15) is 14.0 Å². The van der Waals surface area contributed by atoms with Crippen molar-refractivity contribution in [2.75, 3.05) is 13.1 Å². The van der Waals surface area contributed by atoms with Crippen LogP contribution in [0.2, 0.25) is 0 Å². The zero-order chi connectivity index (χ0) is 17.3. The Bertz CT molecular complexity index is 619. The number of hydrogen-bond acceptors (Lipinski definition) is 3. The topological polar surface area (TPSA) is 66.6 Å². The van der Waals surface area contributed by atoms with E-state index in [1.165, 1.54) is 12.1 Å². The van der Waals surface area contributed by atoms with Gasteiger partial charge in [0.2, 0.25) is 11.8 Å². The van der Waals surface area contributed by atoms with Crippen molar-refractivity contribution in [2.24, 2.45) is 5.73 Å². The van der Waals surface area contributed by atoms with Crippen molar-refractivity contribution in [1.82, 2.24) is 9.80 Å². The van der Waals surface area contributed by atoms with Crippen LogP contribution in [0.4, 0.5) is 4.39 Å². The first-order valence-corrected chi connectivity index (χ1v) is 8.57. The van der Waals surface area contributed by atoms with E-state index in [0.29, 0.717) is 5.56 Å². The molecule has 0 bridgehead atoms. The molecule has 1 aromatic carbocycles. The Kier molecular flexibility index (Phi) is 4.85. The molecule has 2 aliphatic rings. The SMILES string of the molecule is CC(=O)N1CCC[C@@H]1[C@H]1CCCN1[C@H](C(N)=O)c1ccc(F)cc1. The van der Waals surface area contributed by atoms with Crippen LogP contribution in [0.15, 0.2) is 24.3 Å². The lowest BCUT2D eigenvalue weighted by Gasteiger charge is -2.38. The molecular weight excluding hydrogens is 309 g/mol. The molecule has 0 saturated carbocycles. The number of carbonyl (C=O) groups excluding carboxylic acids is 2. The maximum Gasteiger partial charge on any atom is 0.239 e. The average Bonchev–Trinajstić information content (AvgIpc) is 3.17. The number of nitrogens with two attached hydrogens (primary N) is 1. The summed E-state index contributed by atoms with van der Waals surface area (Å²) in [5, 5.41) is 0. The van der Waals surface area contributed by atoms with Crippen LogP contribution in [0.5, 0.6) is 0 Å². The molecule has 0 radical (unpaired) electrons. The van der Waals surface area contributed by atoms with Gasteiger partial charge in [0, 0.05) is 25.6 Å². The van der Waals surface area contributed by atoms with Gasteiger partial charge < -0.3 is 10.6 Å². The number of likely N-dealkylation sites (tertiary alicyclic amines) is 2. The highest BCUT2D eigenvalue weighted by atomic mass is 19.1. The fraction of sp³-hybridized carbons (Fsp3) is 0.556. The Balaban J connectivity index is 1.88. The first kappa shape index (κ1) is 16.9. The van der Waals surface area contributed by atoms with E-state index < -0.39 is 11.9 Å². The molecule has 5 nitrogen and oxygen atoms in total. The van der Waals surface area contributed by atoms with E-state index in [1.807, 2.05) is 4.90 Å². The minimum Gasteiger partial charge on any atom is -0.368 e. The van der Waals surface area contributed by atoms with Gasteiger partial charge in [-0.3, -0.25) is 14.5 Å². The molecule has 3 atom stereocenters. The Morgan fingerprint density at radius 1 is 1.12 bits per heavy atom. The normalized spacial score (nSPS) is 25.8. The van der Waals surface area contributed by atoms with Crippen LogP contribution in [0.3, 0.4) is 0 Å². The molecule has 130 valence electrons. The highest BCUT2D eigenvalue weighted by molar-refractivity contribution is 5.81. The quantitative estimate of drug-likeness (QED) is 0.914. The molecule has 0 aliphatic carbocycles. The highest BCUT2D eigenvalue weighted by Gasteiger charge is 2.42. The Hall–Kier alpha value is -1.95. The van der Waals surface area contributed by atoms with E-state index in [2.05, 4.69) is 4.90 Å². The Morgan fingerprint density at radius 2 is 1.75 bits per heavy atom. The number of nitrogens with zero attached hydrogens (tertiary/aromatic N) is 2. The van der Waals surface area contributed by atoms with Crippen molar-refractivity contribution < 1.29 is 14.0 Å². The fourth-order valence-corrected chi connectivity index (χ4v) is 4.30. The predicted molar refractivity (Wildman–Crippen MR) is 88.5 cm³/mol. The molecule has 2 heterocycles. The molecule has 0 unspecified atom stereocenters. The maximum absolute atomic E-state index is 13.2. The smallest absolute Gasteiger partial charge is 0.239 e. The lowest BCUT2D eigenvalue weighted by molar-refractivity contribution is -0.131. The van der Waals surface area contributed by atoms with Gasteiger partial charge in [0.25, 0.3) is 0 Å². The number of primary amides is 1. The summed E-state index contributed by atoms with van der Waals surface area (Å²) < 4.78 is 13.2. The summed E-state index contributed by atoms with van der Waals surface area (Å²) in [5.41, 5.74) is 6.40. The summed E-state index contributed by atoms with van der Waals surface area (Å²) in [7, 11) is 0. The van der Waals surface area contributed by atoms with Gasteiger partial charge in [-0.25, -0.2) is 4.39 Å². The molecule has 1 aromatic rings.